The van der Waals surface area contributed by atoms with E-state index < -0.39 is 0 Å². The third kappa shape index (κ3) is 1.78. The van der Waals surface area contributed by atoms with Crippen LogP contribution in [0.5, 0.6) is 0 Å². The van der Waals surface area contributed by atoms with Crippen molar-refractivity contribution >= 4 is 0 Å². The molecule has 0 saturated carbocycles. The molecule has 3 rings (SSSR count). The summed E-state index contributed by atoms with van der Waals surface area (Å²) < 4.78 is 2.33. The molecule has 0 unspecified atom stereocenters. The number of aromatic nitrogens is 2. The number of nitrogens with zero attached hydrogens (tertiary/aromatic N) is 2. The van der Waals surface area contributed by atoms with Crippen LogP contribution in [-0.4, -0.2) is 9.55 Å². The summed E-state index contributed by atoms with van der Waals surface area (Å²) in [6, 6.07) is 8.48. The Kier molecular flexibility index (Phi) is 2.50. The highest BCUT2D eigenvalue weighted by molar-refractivity contribution is 5.63. The minimum absolute atomic E-state index is 0.599. The maximum absolute atomic E-state index is 4.83. The van der Waals surface area contributed by atoms with Crippen LogP contribution >= 0.6 is 0 Å². The van der Waals surface area contributed by atoms with Gasteiger partial charge in [0.2, 0.25) is 0 Å². The van der Waals surface area contributed by atoms with Gasteiger partial charge in [0.15, 0.2) is 0 Å². The van der Waals surface area contributed by atoms with Gasteiger partial charge >= 0.3 is 0 Å². The molecule has 0 spiro atoms. The Bertz CT molecular complexity index is 540. The van der Waals surface area contributed by atoms with Gasteiger partial charge in [0.25, 0.3) is 0 Å². The minimum Gasteiger partial charge on any atom is -0.334 e. The zero-order chi connectivity index (χ0) is 11.8. The zero-order valence-corrected chi connectivity index (χ0v) is 10.5. The monoisotopic (exact) mass is 226 g/mol. The SMILES string of the molecule is Cc1ccccc1-c1cn2c(n1)[C@H](C)CCC2. The van der Waals surface area contributed by atoms with Crippen LogP contribution in [0.15, 0.2) is 30.5 Å². The Morgan fingerprint density at radius 3 is 2.88 bits per heavy atom. The first-order valence-electron chi connectivity index (χ1n) is 6.39. The quantitative estimate of drug-likeness (QED) is 0.724. The normalized spacial score (nSPS) is 19.1. The summed E-state index contributed by atoms with van der Waals surface area (Å²) in [5.74, 6) is 1.86. The van der Waals surface area contributed by atoms with E-state index in [1.54, 1.807) is 0 Å². The molecule has 2 nitrogen and oxygen atoms in total. The van der Waals surface area contributed by atoms with E-state index in [1.165, 1.54) is 29.8 Å². The molecule has 0 saturated heterocycles. The predicted molar refractivity (Wildman–Crippen MR) is 70.0 cm³/mol. The summed E-state index contributed by atoms with van der Waals surface area (Å²) in [4.78, 5) is 4.83. The van der Waals surface area contributed by atoms with Crippen LogP contribution < -0.4 is 0 Å². The summed E-state index contributed by atoms with van der Waals surface area (Å²) in [7, 11) is 0. The topological polar surface area (TPSA) is 17.8 Å². The largest absolute Gasteiger partial charge is 0.334 e. The Hall–Kier alpha value is -1.57. The second kappa shape index (κ2) is 4.02. The van der Waals surface area contributed by atoms with Crippen molar-refractivity contribution in [2.24, 2.45) is 0 Å². The highest BCUT2D eigenvalue weighted by Crippen LogP contribution is 2.30. The smallest absolute Gasteiger partial charge is 0.112 e. The molecular weight excluding hydrogens is 208 g/mol. The standard InChI is InChI=1S/C15H18N2/c1-11-6-3-4-8-13(11)14-10-17-9-5-7-12(2)15(17)16-14/h3-4,6,8,10,12H,5,7,9H2,1-2H3/t12-/m1/s1. The zero-order valence-electron chi connectivity index (χ0n) is 10.5. The molecule has 1 atom stereocenters. The highest BCUT2D eigenvalue weighted by atomic mass is 15.1. The lowest BCUT2D eigenvalue weighted by atomic mass is 10.0. The summed E-state index contributed by atoms with van der Waals surface area (Å²) >= 11 is 0. The van der Waals surface area contributed by atoms with E-state index in [-0.39, 0.29) is 0 Å². The van der Waals surface area contributed by atoms with Crippen molar-refractivity contribution < 1.29 is 0 Å². The fourth-order valence-corrected chi connectivity index (χ4v) is 2.69. The number of hydrogen-bond donors (Lipinski definition) is 0. The molecule has 17 heavy (non-hydrogen) atoms. The Morgan fingerprint density at radius 1 is 1.29 bits per heavy atom. The lowest BCUT2D eigenvalue weighted by Gasteiger charge is -2.19. The van der Waals surface area contributed by atoms with E-state index in [2.05, 4.69) is 48.9 Å². The number of hydrogen-bond acceptors (Lipinski definition) is 1. The number of benzene rings is 1. The maximum Gasteiger partial charge on any atom is 0.112 e. The molecule has 0 amide bonds. The summed E-state index contributed by atoms with van der Waals surface area (Å²) in [6.07, 6.45) is 4.76. The van der Waals surface area contributed by atoms with Gasteiger partial charge in [0.05, 0.1) is 5.69 Å². The lowest BCUT2D eigenvalue weighted by molar-refractivity contribution is 0.463. The van der Waals surface area contributed by atoms with Crippen molar-refractivity contribution in [2.45, 2.75) is 39.2 Å². The molecule has 0 fully saturated rings. The van der Waals surface area contributed by atoms with Gasteiger partial charge in [-0.3, -0.25) is 0 Å². The molecule has 2 aromatic rings. The van der Waals surface area contributed by atoms with Gasteiger partial charge in [-0.05, 0) is 25.3 Å². The van der Waals surface area contributed by atoms with Gasteiger partial charge in [-0.15, -0.1) is 0 Å². The van der Waals surface area contributed by atoms with Crippen LogP contribution in [0.3, 0.4) is 0 Å². The van der Waals surface area contributed by atoms with Crippen LogP contribution in [0.1, 0.15) is 37.1 Å². The van der Waals surface area contributed by atoms with Gasteiger partial charge in [-0.25, -0.2) is 4.98 Å². The van der Waals surface area contributed by atoms with Gasteiger partial charge in [-0.2, -0.15) is 0 Å². The molecule has 0 bridgehead atoms. The second-order valence-corrected chi connectivity index (χ2v) is 5.04. The number of imidazole rings is 1. The van der Waals surface area contributed by atoms with E-state index >= 15 is 0 Å². The third-order valence-electron chi connectivity index (χ3n) is 3.71. The first kappa shape index (κ1) is 10.6. The number of fused-ring (bicyclic) bond motifs is 1. The molecule has 2 heterocycles. The number of aryl methyl sites for hydroxylation is 2. The Balaban J connectivity index is 2.08. The fraction of sp³-hybridized carbons (Fsp3) is 0.400. The van der Waals surface area contributed by atoms with Crippen LogP contribution in [-0.2, 0) is 6.54 Å². The van der Waals surface area contributed by atoms with Crippen molar-refractivity contribution in [3.8, 4) is 11.3 Å². The molecule has 1 aliphatic rings. The van der Waals surface area contributed by atoms with Gasteiger partial charge in [0.1, 0.15) is 5.82 Å². The van der Waals surface area contributed by atoms with E-state index in [1.807, 2.05) is 0 Å². The molecular formula is C15H18N2. The fourth-order valence-electron chi connectivity index (χ4n) is 2.69. The van der Waals surface area contributed by atoms with E-state index in [9.17, 15) is 0 Å². The first-order chi connectivity index (χ1) is 8.25. The third-order valence-corrected chi connectivity index (χ3v) is 3.71. The Labute approximate surface area is 102 Å². The van der Waals surface area contributed by atoms with Crippen LogP contribution in [0.2, 0.25) is 0 Å². The van der Waals surface area contributed by atoms with Crippen molar-refractivity contribution in [3.63, 3.8) is 0 Å². The minimum atomic E-state index is 0.599. The molecule has 0 aliphatic carbocycles. The van der Waals surface area contributed by atoms with Crippen molar-refractivity contribution in [1.29, 1.82) is 0 Å². The molecule has 88 valence electrons. The average molecular weight is 226 g/mol. The van der Waals surface area contributed by atoms with Gasteiger partial charge in [0, 0.05) is 24.2 Å². The van der Waals surface area contributed by atoms with E-state index in [0.29, 0.717) is 5.92 Å². The second-order valence-electron chi connectivity index (χ2n) is 5.04. The molecule has 0 N–H and O–H groups in total. The summed E-state index contributed by atoms with van der Waals surface area (Å²) in [5, 5.41) is 0. The van der Waals surface area contributed by atoms with Crippen LogP contribution in [0.4, 0.5) is 0 Å². The summed E-state index contributed by atoms with van der Waals surface area (Å²) in [5.41, 5.74) is 3.70. The lowest BCUT2D eigenvalue weighted by Crippen LogP contribution is -2.12. The maximum atomic E-state index is 4.83. The van der Waals surface area contributed by atoms with Crippen LogP contribution in [0.25, 0.3) is 11.3 Å². The van der Waals surface area contributed by atoms with Gasteiger partial charge < -0.3 is 4.57 Å². The highest BCUT2D eigenvalue weighted by Gasteiger charge is 2.19. The first-order valence-corrected chi connectivity index (χ1v) is 6.39. The van der Waals surface area contributed by atoms with Crippen molar-refractivity contribution in [1.82, 2.24) is 9.55 Å². The average Bonchev–Trinajstić information content (AvgIpc) is 2.75. The molecule has 2 heteroatoms. The van der Waals surface area contributed by atoms with E-state index in [4.69, 9.17) is 4.98 Å². The van der Waals surface area contributed by atoms with Crippen molar-refractivity contribution in [3.05, 3.63) is 41.9 Å². The predicted octanol–water partition coefficient (Wildman–Crippen LogP) is 3.76. The molecule has 1 aromatic carbocycles. The van der Waals surface area contributed by atoms with Crippen molar-refractivity contribution in [2.75, 3.05) is 0 Å². The van der Waals surface area contributed by atoms with Gasteiger partial charge in [-0.1, -0.05) is 31.2 Å². The summed E-state index contributed by atoms with van der Waals surface area (Å²) in [6.45, 7) is 5.55. The molecule has 0 radical (unpaired) electrons. The molecule has 1 aliphatic heterocycles. The molecule has 1 aromatic heterocycles. The van der Waals surface area contributed by atoms with E-state index in [0.717, 1.165) is 12.2 Å². The van der Waals surface area contributed by atoms with Crippen LogP contribution in [0, 0.1) is 6.92 Å². The Morgan fingerprint density at radius 2 is 2.12 bits per heavy atom. The number of rotatable bonds is 1.